The van der Waals surface area contributed by atoms with Crippen molar-refractivity contribution in [1.29, 1.82) is 0 Å². The molecule has 1 aliphatic heterocycles. The Morgan fingerprint density at radius 3 is 2.36 bits per heavy atom. The van der Waals surface area contributed by atoms with E-state index in [-0.39, 0.29) is 5.91 Å². The molecule has 0 atom stereocenters. The van der Waals surface area contributed by atoms with E-state index in [9.17, 15) is 4.79 Å². The van der Waals surface area contributed by atoms with Crippen LogP contribution in [0.25, 0.3) is 11.0 Å². The van der Waals surface area contributed by atoms with E-state index in [4.69, 9.17) is 0 Å². The van der Waals surface area contributed by atoms with Crippen molar-refractivity contribution in [2.45, 2.75) is 13.8 Å². The molecule has 0 aliphatic carbocycles. The van der Waals surface area contributed by atoms with Crippen LogP contribution >= 0.6 is 0 Å². The third-order valence-corrected chi connectivity index (χ3v) is 5.71. The average Bonchev–Trinajstić information content (AvgIpc) is 2.84. The van der Waals surface area contributed by atoms with Gasteiger partial charge in [0, 0.05) is 37.9 Å². The summed E-state index contributed by atoms with van der Waals surface area (Å²) in [5.74, 6) is 2.22. The number of carbonyl (C=O) groups excluding carboxylic acids is 1. The van der Waals surface area contributed by atoms with Gasteiger partial charge < -0.3 is 15.1 Å². The minimum atomic E-state index is -0.0894. The van der Waals surface area contributed by atoms with Gasteiger partial charge in [0.15, 0.2) is 0 Å². The number of benzene rings is 2. The number of fused-ring (bicyclic) bond motifs is 1. The molecular weight excluding hydrogens is 414 g/mol. The van der Waals surface area contributed by atoms with Gasteiger partial charge in [0.2, 0.25) is 0 Å². The molecule has 166 valence electrons. The largest absolute Gasteiger partial charge is 0.353 e. The molecule has 0 radical (unpaired) electrons. The minimum Gasteiger partial charge on any atom is -0.353 e. The molecule has 1 fully saturated rings. The zero-order valence-electron chi connectivity index (χ0n) is 18.7. The second kappa shape index (κ2) is 8.82. The highest BCUT2D eigenvalue weighted by Gasteiger charge is 2.24. The molecule has 3 heterocycles. The van der Waals surface area contributed by atoms with Crippen molar-refractivity contribution < 1.29 is 4.79 Å². The van der Waals surface area contributed by atoms with E-state index in [1.807, 2.05) is 54.3 Å². The van der Waals surface area contributed by atoms with Gasteiger partial charge in [-0.25, -0.2) is 15.0 Å². The maximum atomic E-state index is 13.0. The number of carbonyl (C=O) groups is 1. The first-order valence-corrected chi connectivity index (χ1v) is 11.0. The second-order valence-corrected chi connectivity index (χ2v) is 8.17. The van der Waals surface area contributed by atoms with E-state index in [1.54, 1.807) is 6.20 Å². The highest BCUT2D eigenvalue weighted by Crippen LogP contribution is 2.22. The van der Waals surface area contributed by atoms with E-state index in [0.29, 0.717) is 37.7 Å². The first kappa shape index (κ1) is 20.8. The molecule has 1 saturated heterocycles. The summed E-state index contributed by atoms with van der Waals surface area (Å²) in [6, 6.07) is 17.7. The van der Waals surface area contributed by atoms with Gasteiger partial charge in [0.25, 0.3) is 5.91 Å². The number of rotatable bonds is 4. The number of para-hydroxylation sites is 2. The maximum Gasteiger partial charge on any atom is 0.274 e. The monoisotopic (exact) mass is 439 g/mol. The Labute approximate surface area is 192 Å². The van der Waals surface area contributed by atoms with E-state index in [2.05, 4.69) is 49.2 Å². The second-order valence-electron chi connectivity index (χ2n) is 8.17. The normalized spacial score (nSPS) is 13.9. The third-order valence-electron chi connectivity index (χ3n) is 5.71. The van der Waals surface area contributed by atoms with Crippen LogP contribution in [0.3, 0.4) is 0 Å². The van der Waals surface area contributed by atoms with Gasteiger partial charge in [-0.1, -0.05) is 29.8 Å². The smallest absolute Gasteiger partial charge is 0.274 e. The van der Waals surface area contributed by atoms with Crippen LogP contribution in [0.5, 0.6) is 0 Å². The zero-order chi connectivity index (χ0) is 22.8. The fourth-order valence-electron chi connectivity index (χ4n) is 3.92. The van der Waals surface area contributed by atoms with Crippen LogP contribution in [-0.4, -0.2) is 56.9 Å². The number of anilines is 3. The number of hydrogen-bond donors (Lipinski definition) is 1. The fourth-order valence-corrected chi connectivity index (χ4v) is 3.92. The van der Waals surface area contributed by atoms with Crippen LogP contribution in [0, 0.1) is 13.8 Å². The highest BCUT2D eigenvalue weighted by molar-refractivity contribution is 5.94. The summed E-state index contributed by atoms with van der Waals surface area (Å²) in [5.41, 5.74) is 4.09. The molecule has 5 rings (SSSR count). The molecule has 0 unspecified atom stereocenters. The van der Waals surface area contributed by atoms with Gasteiger partial charge in [0.1, 0.15) is 23.2 Å². The van der Waals surface area contributed by atoms with Crippen molar-refractivity contribution in [3.05, 3.63) is 77.9 Å². The van der Waals surface area contributed by atoms with Crippen molar-refractivity contribution in [2.24, 2.45) is 0 Å². The van der Waals surface area contributed by atoms with E-state index in [1.165, 1.54) is 5.56 Å². The molecule has 2 aromatic carbocycles. The van der Waals surface area contributed by atoms with E-state index in [0.717, 1.165) is 28.4 Å². The van der Waals surface area contributed by atoms with Crippen molar-refractivity contribution in [1.82, 2.24) is 24.8 Å². The number of aryl methyl sites for hydroxylation is 2. The number of nitrogens with zero attached hydrogens (tertiary/aromatic N) is 6. The predicted octanol–water partition coefficient (Wildman–Crippen LogP) is 3.74. The maximum absolute atomic E-state index is 13.0. The van der Waals surface area contributed by atoms with Gasteiger partial charge >= 0.3 is 0 Å². The van der Waals surface area contributed by atoms with Crippen molar-refractivity contribution in [3.63, 3.8) is 0 Å². The number of piperazine rings is 1. The Hall–Kier alpha value is -4.07. The average molecular weight is 440 g/mol. The summed E-state index contributed by atoms with van der Waals surface area (Å²) in [5, 5.41) is 3.36. The molecule has 2 aromatic heterocycles. The van der Waals surface area contributed by atoms with Crippen molar-refractivity contribution in [2.75, 3.05) is 36.4 Å². The third kappa shape index (κ3) is 4.59. The van der Waals surface area contributed by atoms with Gasteiger partial charge in [-0.15, -0.1) is 0 Å². The topological polar surface area (TPSA) is 87.1 Å². The van der Waals surface area contributed by atoms with Crippen LogP contribution in [0.15, 0.2) is 60.8 Å². The van der Waals surface area contributed by atoms with E-state index < -0.39 is 0 Å². The summed E-state index contributed by atoms with van der Waals surface area (Å²) in [6.07, 6.45) is 1.56. The summed E-state index contributed by atoms with van der Waals surface area (Å²) >= 11 is 0. The molecule has 0 spiro atoms. The van der Waals surface area contributed by atoms with Crippen LogP contribution in [-0.2, 0) is 0 Å². The molecule has 1 amide bonds. The lowest BCUT2D eigenvalue weighted by Crippen LogP contribution is -2.49. The van der Waals surface area contributed by atoms with Crippen LogP contribution in [0.2, 0.25) is 0 Å². The highest BCUT2D eigenvalue weighted by atomic mass is 16.2. The fraction of sp³-hybridized carbons (Fsp3) is 0.240. The Kier molecular flexibility index (Phi) is 5.56. The lowest BCUT2D eigenvalue weighted by atomic mass is 10.2. The summed E-state index contributed by atoms with van der Waals surface area (Å²) in [7, 11) is 0. The minimum absolute atomic E-state index is 0.0894. The Morgan fingerprint density at radius 2 is 1.61 bits per heavy atom. The molecule has 1 N–H and O–H groups in total. The van der Waals surface area contributed by atoms with Crippen LogP contribution < -0.4 is 10.2 Å². The van der Waals surface area contributed by atoms with Crippen LogP contribution in [0.4, 0.5) is 17.3 Å². The van der Waals surface area contributed by atoms with Gasteiger partial charge in [-0.3, -0.25) is 9.78 Å². The molecule has 8 heteroatoms. The quantitative estimate of drug-likeness (QED) is 0.518. The van der Waals surface area contributed by atoms with Crippen molar-refractivity contribution in [3.8, 4) is 0 Å². The molecule has 1 aliphatic rings. The van der Waals surface area contributed by atoms with Gasteiger partial charge in [0.05, 0.1) is 17.2 Å². The molecule has 4 aromatic rings. The number of aromatic nitrogens is 4. The Bertz CT molecular complexity index is 1300. The van der Waals surface area contributed by atoms with Crippen LogP contribution in [0.1, 0.15) is 21.9 Å². The molecule has 0 saturated carbocycles. The first-order chi connectivity index (χ1) is 16.0. The Balaban J connectivity index is 1.27. The zero-order valence-corrected chi connectivity index (χ0v) is 18.7. The summed E-state index contributed by atoms with van der Waals surface area (Å²) < 4.78 is 0. The molecular formula is C25H25N7O. The first-order valence-electron chi connectivity index (χ1n) is 11.0. The molecule has 0 bridgehead atoms. The standard InChI is InChI=1S/C25H25N7O/c1-17-7-9-19(10-8-17)29-23-15-24(28-18(2)27-23)31-11-13-32(14-12-31)25(33)22-16-26-20-5-3-4-6-21(20)30-22/h3-10,15-16H,11-14H2,1-2H3,(H,27,28,29). The summed E-state index contributed by atoms with van der Waals surface area (Å²) in [6.45, 7) is 6.52. The number of amides is 1. The molecule has 33 heavy (non-hydrogen) atoms. The summed E-state index contributed by atoms with van der Waals surface area (Å²) in [4.78, 5) is 35.0. The number of nitrogens with one attached hydrogen (secondary N) is 1. The van der Waals surface area contributed by atoms with E-state index >= 15 is 0 Å². The van der Waals surface area contributed by atoms with Crippen molar-refractivity contribution >= 4 is 34.3 Å². The van der Waals surface area contributed by atoms with Gasteiger partial charge in [-0.05, 0) is 38.1 Å². The lowest BCUT2D eigenvalue weighted by Gasteiger charge is -2.35. The number of hydrogen-bond acceptors (Lipinski definition) is 7. The van der Waals surface area contributed by atoms with Gasteiger partial charge in [-0.2, -0.15) is 0 Å². The SMILES string of the molecule is Cc1ccc(Nc2cc(N3CCN(C(=O)c4cnc5ccccc5n4)CC3)nc(C)n2)cc1. The Morgan fingerprint density at radius 1 is 0.879 bits per heavy atom. The lowest BCUT2D eigenvalue weighted by molar-refractivity contribution is 0.0740. The molecule has 8 nitrogen and oxygen atoms in total. The predicted molar refractivity (Wildman–Crippen MR) is 129 cm³/mol.